The summed E-state index contributed by atoms with van der Waals surface area (Å²) >= 11 is 0. The zero-order chi connectivity index (χ0) is 16.4. The number of hydrogen-bond acceptors (Lipinski definition) is 3. The summed E-state index contributed by atoms with van der Waals surface area (Å²) < 4.78 is 14.4. The maximum atomic E-state index is 12.9. The summed E-state index contributed by atoms with van der Waals surface area (Å²) in [7, 11) is 0. The maximum absolute atomic E-state index is 12.9. The smallest absolute Gasteiger partial charge is 0.308 e. The number of rotatable bonds is 4. The van der Waals surface area contributed by atoms with E-state index in [1.807, 2.05) is 0 Å². The molecule has 0 spiro atoms. The number of amides is 1. The molecule has 1 saturated carbocycles. The zero-order valence-electron chi connectivity index (χ0n) is 12.3. The lowest BCUT2D eigenvalue weighted by atomic mass is 10.0. The Balaban J connectivity index is 1.71. The SMILES string of the molecule is O=C(N[C@H]1CCC[C@H]1C(=O)O)c1ccn(-c2ccc(F)cc2)n1. The average molecular weight is 317 g/mol. The van der Waals surface area contributed by atoms with Gasteiger partial charge in [-0.25, -0.2) is 9.07 Å². The lowest BCUT2D eigenvalue weighted by Gasteiger charge is -2.16. The molecule has 1 aromatic carbocycles. The molecule has 0 saturated heterocycles. The van der Waals surface area contributed by atoms with Crippen molar-refractivity contribution >= 4 is 11.9 Å². The van der Waals surface area contributed by atoms with Crippen LogP contribution >= 0.6 is 0 Å². The van der Waals surface area contributed by atoms with Gasteiger partial charge in [-0.3, -0.25) is 9.59 Å². The van der Waals surface area contributed by atoms with Crippen molar-refractivity contribution in [2.24, 2.45) is 5.92 Å². The van der Waals surface area contributed by atoms with Crippen LogP contribution in [0.4, 0.5) is 4.39 Å². The third kappa shape index (κ3) is 3.23. The summed E-state index contributed by atoms with van der Waals surface area (Å²) in [6, 6.07) is 6.92. The molecule has 3 rings (SSSR count). The van der Waals surface area contributed by atoms with Crippen LogP contribution in [0.1, 0.15) is 29.8 Å². The van der Waals surface area contributed by atoms with Crippen molar-refractivity contribution in [3.8, 4) is 5.69 Å². The highest BCUT2D eigenvalue weighted by molar-refractivity contribution is 5.92. The van der Waals surface area contributed by atoms with Gasteiger partial charge in [-0.2, -0.15) is 5.10 Å². The minimum Gasteiger partial charge on any atom is -0.481 e. The monoisotopic (exact) mass is 317 g/mol. The van der Waals surface area contributed by atoms with Crippen LogP contribution < -0.4 is 5.32 Å². The molecule has 0 unspecified atom stereocenters. The normalized spacial score (nSPS) is 20.4. The van der Waals surface area contributed by atoms with Crippen LogP contribution in [0, 0.1) is 11.7 Å². The van der Waals surface area contributed by atoms with E-state index in [0.717, 1.165) is 6.42 Å². The number of benzene rings is 1. The molecule has 2 aromatic rings. The van der Waals surface area contributed by atoms with Gasteiger partial charge in [-0.05, 0) is 43.2 Å². The lowest BCUT2D eigenvalue weighted by Crippen LogP contribution is -2.40. The Morgan fingerprint density at radius 2 is 1.96 bits per heavy atom. The number of halogens is 1. The zero-order valence-corrected chi connectivity index (χ0v) is 12.3. The van der Waals surface area contributed by atoms with Crippen LogP contribution in [0.15, 0.2) is 36.5 Å². The first kappa shape index (κ1) is 15.2. The van der Waals surface area contributed by atoms with Crippen LogP contribution in [-0.4, -0.2) is 32.8 Å². The Hall–Kier alpha value is -2.70. The van der Waals surface area contributed by atoms with Gasteiger partial charge in [-0.1, -0.05) is 6.42 Å². The summed E-state index contributed by atoms with van der Waals surface area (Å²) in [6.07, 6.45) is 3.61. The first-order chi connectivity index (χ1) is 11.0. The number of carbonyl (C=O) groups excluding carboxylic acids is 1. The molecule has 7 heteroatoms. The second-order valence-corrected chi connectivity index (χ2v) is 5.58. The number of nitrogens with zero attached hydrogens (tertiary/aromatic N) is 2. The predicted molar refractivity (Wildman–Crippen MR) is 79.8 cm³/mol. The molecule has 1 aliphatic rings. The molecule has 1 aliphatic carbocycles. The average Bonchev–Trinajstić information content (AvgIpc) is 3.16. The standard InChI is InChI=1S/C16H16FN3O3/c17-10-4-6-11(7-5-10)20-9-8-14(19-20)15(21)18-13-3-1-2-12(13)16(22)23/h4-9,12-13H,1-3H2,(H,18,21)(H,22,23)/t12-,13+/m1/s1. The van der Waals surface area contributed by atoms with Gasteiger partial charge in [0, 0.05) is 12.2 Å². The van der Waals surface area contributed by atoms with E-state index in [9.17, 15) is 14.0 Å². The molecular weight excluding hydrogens is 301 g/mol. The molecule has 0 aliphatic heterocycles. The summed E-state index contributed by atoms with van der Waals surface area (Å²) in [4.78, 5) is 23.4. The van der Waals surface area contributed by atoms with E-state index in [0.29, 0.717) is 18.5 Å². The van der Waals surface area contributed by atoms with Crippen LogP contribution in [-0.2, 0) is 4.79 Å². The summed E-state index contributed by atoms with van der Waals surface area (Å²) in [5.41, 5.74) is 0.833. The van der Waals surface area contributed by atoms with Crippen LogP contribution in [0.25, 0.3) is 5.69 Å². The number of carbonyl (C=O) groups is 2. The molecule has 0 radical (unpaired) electrons. The van der Waals surface area contributed by atoms with Crippen molar-refractivity contribution in [3.05, 3.63) is 48.0 Å². The molecule has 2 N–H and O–H groups in total. The van der Waals surface area contributed by atoms with E-state index in [1.54, 1.807) is 24.4 Å². The Bertz CT molecular complexity index is 726. The van der Waals surface area contributed by atoms with Crippen LogP contribution in [0.3, 0.4) is 0 Å². The Kier molecular flexibility index (Phi) is 4.10. The number of aromatic nitrogens is 2. The quantitative estimate of drug-likeness (QED) is 0.903. The molecule has 1 heterocycles. The third-order valence-corrected chi connectivity index (χ3v) is 4.06. The van der Waals surface area contributed by atoms with Gasteiger partial charge >= 0.3 is 5.97 Å². The van der Waals surface area contributed by atoms with Gasteiger partial charge in [0.15, 0.2) is 5.69 Å². The van der Waals surface area contributed by atoms with E-state index in [4.69, 9.17) is 5.11 Å². The van der Waals surface area contributed by atoms with E-state index in [-0.39, 0.29) is 17.6 Å². The number of aliphatic carboxylic acids is 1. The van der Waals surface area contributed by atoms with Crippen molar-refractivity contribution < 1.29 is 19.1 Å². The van der Waals surface area contributed by atoms with Gasteiger partial charge in [0.2, 0.25) is 0 Å². The predicted octanol–water partition coefficient (Wildman–Crippen LogP) is 1.99. The van der Waals surface area contributed by atoms with E-state index < -0.39 is 17.8 Å². The maximum Gasteiger partial charge on any atom is 0.308 e. The van der Waals surface area contributed by atoms with Crippen LogP contribution in [0.5, 0.6) is 0 Å². The minimum atomic E-state index is -0.885. The number of carboxylic acid groups (broad SMARTS) is 1. The van der Waals surface area contributed by atoms with Crippen molar-refractivity contribution in [3.63, 3.8) is 0 Å². The second-order valence-electron chi connectivity index (χ2n) is 5.58. The van der Waals surface area contributed by atoms with Gasteiger partial charge in [-0.15, -0.1) is 0 Å². The summed E-state index contributed by atoms with van der Waals surface area (Å²) in [5.74, 6) is -2.17. The Morgan fingerprint density at radius 1 is 1.22 bits per heavy atom. The topological polar surface area (TPSA) is 84.2 Å². The summed E-state index contributed by atoms with van der Waals surface area (Å²) in [6.45, 7) is 0. The van der Waals surface area contributed by atoms with Crippen molar-refractivity contribution in [1.29, 1.82) is 0 Å². The highest BCUT2D eigenvalue weighted by Crippen LogP contribution is 2.26. The van der Waals surface area contributed by atoms with Crippen molar-refractivity contribution in [2.75, 3.05) is 0 Å². The molecule has 2 atom stereocenters. The van der Waals surface area contributed by atoms with Gasteiger partial charge in [0.1, 0.15) is 5.82 Å². The molecule has 1 fully saturated rings. The van der Waals surface area contributed by atoms with E-state index in [1.165, 1.54) is 16.8 Å². The van der Waals surface area contributed by atoms with Gasteiger partial charge < -0.3 is 10.4 Å². The lowest BCUT2D eigenvalue weighted by molar-refractivity contribution is -0.142. The largest absolute Gasteiger partial charge is 0.481 e. The highest BCUT2D eigenvalue weighted by Gasteiger charge is 2.34. The first-order valence-corrected chi connectivity index (χ1v) is 7.40. The summed E-state index contributed by atoms with van der Waals surface area (Å²) in [5, 5.41) is 16.0. The van der Waals surface area contributed by atoms with Crippen LogP contribution in [0.2, 0.25) is 0 Å². The Morgan fingerprint density at radius 3 is 2.65 bits per heavy atom. The highest BCUT2D eigenvalue weighted by atomic mass is 19.1. The molecule has 1 aromatic heterocycles. The molecule has 0 bridgehead atoms. The molecule has 6 nitrogen and oxygen atoms in total. The Labute approximate surface area is 131 Å². The molecule has 23 heavy (non-hydrogen) atoms. The van der Waals surface area contributed by atoms with Crippen molar-refractivity contribution in [2.45, 2.75) is 25.3 Å². The van der Waals surface area contributed by atoms with Gasteiger partial charge in [0.05, 0.1) is 11.6 Å². The molecule has 120 valence electrons. The fourth-order valence-electron chi connectivity index (χ4n) is 2.85. The van der Waals surface area contributed by atoms with E-state index >= 15 is 0 Å². The van der Waals surface area contributed by atoms with E-state index in [2.05, 4.69) is 10.4 Å². The molecular formula is C16H16FN3O3. The fourth-order valence-corrected chi connectivity index (χ4v) is 2.85. The number of hydrogen-bond donors (Lipinski definition) is 2. The second kappa shape index (κ2) is 6.20. The van der Waals surface area contributed by atoms with Gasteiger partial charge in [0.25, 0.3) is 5.91 Å². The van der Waals surface area contributed by atoms with Crippen molar-refractivity contribution in [1.82, 2.24) is 15.1 Å². The third-order valence-electron chi connectivity index (χ3n) is 4.06. The minimum absolute atomic E-state index is 0.199. The number of nitrogens with one attached hydrogen (secondary N) is 1. The molecule has 1 amide bonds. The fraction of sp³-hybridized carbons (Fsp3) is 0.312. The number of carboxylic acids is 1. The first-order valence-electron chi connectivity index (χ1n) is 7.40.